The highest BCUT2D eigenvalue weighted by atomic mass is 19.1. The minimum absolute atomic E-state index is 0.0758. The zero-order valence-electron chi connectivity index (χ0n) is 7.96. The molecule has 2 atom stereocenters. The predicted octanol–water partition coefficient (Wildman–Crippen LogP) is 1.82. The third-order valence-corrected chi connectivity index (χ3v) is 2.70. The molecule has 1 fully saturated rings. The Kier molecular flexibility index (Phi) is 2.23. The van der Waals surface area contributed by atoms with Gasteiger partial charge in [-0.15, -0.1) is 0 Å². The van der Waals surface area contributed by atoms with Crippen LogP contribution in [-0.2, 0) is 4.79 Å². The number of benzene rings is 1. The van der Waals surface area contributed by atoms with Gasteiger partial charge in [0.1, 0.15) is 5.82 Å². The van der Waals surface area contributed by atoms with Crippen molar-refractivity contribution in [3.05, 3.63) is 35.6 Å². The highest BCUT2D eigenvalue weighted by Gasteiger charge is 2.29. The maximum absolute atomic E-state index is 12.7. The molecule has 0 saturated carbocycles. The Labute approximate surface area is 82.1 Å². The number of halogens is 1. The van der Waals surface area contributed by atoms with Gasteiger partial charge in [0.25, 0.3) is 0 Å². The molecule has 3 heteroatoms. The van der Waals surface area contributed by atoms with Crippen molar-refractivity contribution in [1.29, 1.82) is 0 Å². The molecule has 0 radical (unpaired) electrons. The number of rotatable bonds is 1. The Bertz CT molecular complexity index is 347. The minimum Gasteiger partial charge on any atom is -0.353 e. The summed E-state index contributed by atoms with van der Waals surface area (Å²) in [6, 6.07) is 6.51. The molecule has 1 amide bonds. The van der Waals surface area contributed by atoms with Crippen LogP contribution in [0.5, 0.6) is 0 Å². The lowest BCUT2D eigenvalue weighted by Crippen LogP contribution is -2.24. The summed E-state index contributed by atoms with van der Waals surface area (Å²) >= 11 is 0. The smallest absolute Gasteiger partial charge is 0.220 e. The van der Waals surface area contributed by atoms with Crippen LogP contribution in [0.2, 0.25) is 0 Å². The first kappa shape index (κ1) is 9.19. The van der Waals surface area contributed by atoms with E-state index in [0.29, 0.717) is 6.42 Å². The van der Waals surface area contributed by atoms with Crippen molar-refractivity contribution in [3.8, 4) is 0 Å². The number of nitrogens with one attached hydrogen (secondary N) is 1. The molecule has 2 unspecified atom stereocenters. The first-order valence-corrected chi connectivity index (χ1v) is 4.71. The second-order valence-electron chi connectivity index (χ2n) is 3.72. The van der Waals surface area contributed by atoms with E-state index in [1.54, 1.807) is 12.1 Å². The molecule has 1 saturated heterocycles. The Balaban J connectivity index is 2.23. The summed E-state index contributed by atoms with van der Waals surface area (Å²) in [5, 5.41) is 2.85. The fraction of sp³-hybridized carbons (Fsp3) is 0.364. The SMILES string of the molecule is CC1NC(=O)CC1c1ccc(F)cc1. The van der Waals surface area contributed by atoms with Gasteiger partial charge in [-0.05, 0) is 24.6 Å². The molecule has 1 aliphatic heterocycles. The van der Waals surface area contributed by atoms with Gasteiger partial charge in [0.15, 0.2) is 0 Å². The monoisotopic (exact) mass is 193 g/mol. The van der Waals surface area contributed by atoms with Gasteiger partial charge in [-0.1, -0.05) is 12.1 Å². The average Bonchev–Trinajstić information content (AvgIpc) is 2.47. The Morgan fingerprint density at radius 2 is 2.00 bits per heavy atom. The lowest BCUT2D eigenvalue weighted by molar-refractivity contribution is -0.119. The third-order valence-electron chi connectivity index (χ3n) is 2.70. The van der Waals surface area contributed by atoms with E-state index in [2.05, 4.69) is 5.32 Å². The topological polar surface area (TPSA) is 29.1 Å². The van der Waals surface area contributed by atoms with E-state index in [1.165, 1.54) is 12.1 Å². The number of hydrogen-bond acceptors (Lipinski definition) is 1. The summed E-state index contributed by atoms with van der Waals surface area (Å²) in [5.74, 6) is 0.0219. The lowest BCUT2D eigenvalue weighted by atomic mass is 9.93. The molecule has 1 aliphatic rings. The summed E-state index contributed by atoms with van der Waals surface area (Å²) in [7, 11) is 0. The summed E-state index contributed by atoms with van der Waals surface area (Å²) < 4.78 is 12.7. The van der Waals surface area contributed by atoms with Gasteiger partial charge < -0.3 is 5.32 Å². The second-order valence-corrected chi connectivity index (χ2v) is 3.72. The second kappa shape index (κ2) is 3.40. The molecule has 74 valence electrons. The van der Waals surface area contributed by atoms with Crippen molar-refractivity contribution in [2.75, 3.05) is 0 Å². The molecule has 0 aliphatic carbocycles. The van der Waals surface area contributed by atoms with Crippen molar-refractivity contribution < 1.29 is 9.18 Å². The van der Waals surface area contributed by atoms with E-state index in [9.17, 15) is 9.18 Å². The van der Waals surface area contributed by atoms with Gasteiger partial charge in [0.2, 0.25) is 5.91 Å². The summed E-state index contributed by atoms with van der Waals surface area (Å²) in [4.78, 5) is 11.1. The van der Waals surface area contributed by atoms with E-state index in [0.717, 1.165) is 5.56 Å². The quantitative estimate of drug-likeness (QED) is 0.724. The molecular formula is C11H12FNO. The molecule has 1 aromatic carbocycles. The van der Waals surface area contributed by atoms with Crippen LogP contribution in [0.1, 0.15) is 24.8 Å². The standard InChI is InChI=1S/C11H12FNO/c1-7-10(6-11(14)13-7)8-2-4-9(12)5-3-8/h2-5,7,10H,6H2,1H3,(H,13,14). The molecule has 14 heavy (non-hydrogen) atoms. The molecule has 1 N–H and O–H groups in total. The lowest BCUT2D eigenvalue weighted by Gasteiger charge is -2.13. The number of hydrogen-bond donors (Lipinski definition) is 1. The highest BCUT2D eigenvalue weighted by molar-refractivity contribution is 5.80. The van der Waals surface area contributed by atoms with Crippen LogP contribution < -0.4 is 5.32 Å². The Morgan fingerprint density at radius 1 is 1.36 bits per heavy atom. The number of amides is 1. The van der Waals surface area contributed by atoms with E-state index in [1.807, 2.05) is 6.92 Å². The van der Waals surface area contributed by atoms with E-state index < -0.39 is 0 Å². The number of carbonyl (C=O) groups excluding carboxylic acids is 1. The molecule has 0 aromatic heterocycles. The van der Waals surface area contributed by atoms with E-state index in [4.69, 9.17) is 0 Å². The minimum atomic E-state index is -0.237. The van der Waals surface area contributed by atoms with Crippen LogP contribution in [0.4, 0.5) is 4.39 Å². The van der Waals surface area contributed by atoms with Crippen LogP contribution in [0.25, 0.3) is 0 Å². The molecule has 0 spiro atoms. The van der Waals surface area contributed by atoms with Crippen molar-refractivity contribution in [2.24, 2.45) is 0 Å². The average molecular weight is 193 g/mol. The third kappa shape index (κ3) is 1.62. The number of carbonyl (C=O) groups is 1. The fourth-order valence-electron chi connectivity index (χ4n) is 1.91. The summed E-state index contributed by atoms with van der Waals surface area (Å²) in [6.07, 6.45) is 0.507. The van der Waals surface area contributed by atoms with Crippen molar-refractivity contribution in [3.63, 3.8) is 0 Å². The molecule has 0 bridgehead atoms. The Hall–Kier alpha value is -1.38. The van der Waals surface area contributed by atoms with Crippen LogP contribution in [0.15, 0.2) is 24.3 Å². The van der Waals surface area contributed by atoms with Gasteiger partial charge in [-0.3, -0.25) is 4.79 Å². The molecule has 2 nitrogen and oxygen atoms in total. The molecule has 1 heterocycles. The normalized spacial score (nSPS) is 26.3. The molecule has 1 aromatic rings. The summed E-state index contributed by atoms with van der Waals surface area (Å²) in [5.41, 5.74) is 1.03. The van der Waals surface area contributed by atoms with Gasteiger partial charge in [0.05, 0.1) is 0 Å². The Morgan fingerprint density at radius 3 is 2.50 bits per heavy atom. The van der Waals surface area contributed by atoms with Crippen LogP contribution in [0, 0.1) is 5.82 Å². The maximum atomic E-state index is 12.7. The first-order chi connectivity index (χ1) is 6.66. The van der Waals surface area contributed by atoms with Crippen LogP contribution in [0.3, 0.4) is 0 Å². The highest BCUT2D eigenvalue weighted by Crippen LogP contribution is 2.27. The summed E-state index contributed by atoms with van der Waals surface area (Å²) in [6.45, 7) is 1.97. The largest absolute Gasteiger partial charge is 0.353 e. The zero-order valence-corrected chi connectivity index (χ0v) is 7.96. The van der Waals surface area contributed by atoms with Gasteiger partial charge in [0, 0.05) is 18.4 Å². The molecule has 2 rings (SSSR count). The first-order valence-electron chi connectivity index (χ1n) is 4.71. The van der Waals surface area contributed by atoms with Crippen LogP contribution >= 0.6 is 0 Å². The van der Waals surface area contributed by atoms with Gasteiger partial charge >= 0.3 is 0 Å². The van der Waals surface area contributed by atoms with Gasteiger partial charge in [-0.25, -0.2) is 4.39 Å². The maximum Gasteiger partial charge on any atom is 0.220 e. The van der Waals surface area contributed by atoms with Gasteiger partial charge in [-0.2, -0.15) is 0 Å². The van der Waals surface area contributed by atoms with Crippen molar-refractivity contribution >= 4 is 5.91 Å². The molecular weight excluding hydrogens is 181 g/mol. The fourth-order valence-corrected chi connectivity index (χ4v) is 1.91. The van der Waals surface area contributed by atoms with Crippen molar-refractivity contribution in [2.45, 2.75) is 25.3 Å². The van der Waals surface area contributed by atoms with Crippen molar-refractivity contribution in [1.82, 2.24) is 5.32 Å². The zero-order chi connectivity index (χ0) is 10.1. The van der Waals surface area contributed by atoms with E-state index in [-0.39, 0.29) is 23.7 Å². The van der Waals surface area contributed by atoms with Crippen LogP contribution in [-0.4, -0.2) is 11.9 Å². The van der Waals surface area contributed by atoms with E-state index >= 15 is 0 Å². The predicted molar refractivity (Wildman–Crippen MR) is 51.4 cm³/mol.